The van der Waals surface area contributed by atoms with Crippen molar-refractivity contribution in [2.75, 3.05) is 29.2 Å². The van der Waals surface area contributed by atoms with Crippen LogP contribution in [0.4, 0.5) is 17.5 Å². The Morgan fingerprint density at radius 3 is 1.34 bits per heavy atom. The second-order valence-electron chi connectivity index (χ2n) is 17.6. The molecule has 0 radical (unpaired) electrons. The molecule has 1 aromatic rings. The van der Waals surface area contributed by atoms with Crippen LogP contribution in [0.2, 0.25) is 0 Å². The number of nitrogens with two attached hydrogens (primary N) is 1. The number of aromatic nitrogens is 2. The first-order valence-electron chi connectivity index (χ1n) is 25.0. The molecule has 1 atom stereocenters. The summed E-state index contributed by atoms with van der Waals surface area (Å²) in [7, 11) is 0. The minimum atomic E-state index is -0.872. The molecule has 2 rings (SSSR count). The Labute approximate surface area is 356 Å². The molecule has 0 bridgehead atoms. The molecule has 0 saturated heterocycles. The third-order valence-electron chi connectivity index (χ3n) is 12.1. The number of fused-ring (bicyclic) bond motifs is 1. The molecule has 0 fully saturated rings. The summed E-state index contributed by atoms with van der Waals surface area (Å²) in [4.78, 5) is 47.3. The highest BCUT2D eigenvalue weighted by Gasteiger charge is 2.34. The lowest BCUT2D eigenvalue weighted by atomic mass is 10.0. The molecular formula is C49H91N5O4. The van der Waals surface area contributed by atoms with Gasteiger partial charge in [-0.15, -0.1) is 0 Å². The molecule has 336 valence electrons. The van der Waals surface area contributed by atoms with E-state index < -0.39 is 6.23 Å². The Morgan fingerprint density at radius 1 is 0.569 bits per heavy atom. The summed E-state index contributed by atoms with van der Waals surface area (Å²) in [6.07, 6.45) is 45.8. The zero-order chi connectivity index (χ0) is 41.7. The number of nitrogen functional groups attached to an aromatic ring is 1. The van der Waals surface area contributed by atoms with E-state index in [1.807, 2.05) is 0 Å². The van der Waals surface area contributed by atoms with Gasteiger partial charge in [0.15, 0.2) is 17.8 Å². The average Bonchev–Trinajstić information content (AvgIpc) is 3.63. The van der Waals surface area contributed by atoms with Gasteiger partial charge in [-0.05, 0) is 19.3 Å². The van der Waals surface area contributed by atoms with Crippen molar-refractivity contribution in [2.24, 2.45) is 0 Å². The maximum atomic E-state index is 13.6. The average molecular weight is 814 g/mol. The summed E-state index contributed by atoms with van der Waals surface area (Å²) in [6.45, 7) is 5.09. The number of rotatable bonds is 43. The van der Waals surface area contributed by atoms with Crippen LogP contribution in [0, 0.1) is 0 Å². The number of nitrogens with one attached hydrogen (secondary N) is 2. The van der Waals surface area contributed by atoms with Crippen molar-refractivity contribution in [3.05, 3.63) is 10.4 Å². The highest BCUT2D eigenvalue weighted by molar-refractivity contribution is 5.88. The number of hydrogen-bond donors (Lipinski definition) is 3. The normalized spacial score (nSPS) is 12.9. The molecule has 0 aliphatic carbocycles. The lowest BCUT2D eigenvalue weighted by molar-refractivity contribution is -0.130. The summed E-state index contributed by atoms with van der Waals surface area (Å²) in [6, 6.07) is 0. The maximum Gasteiger partial charge on any atom is 0.277 e. The Hall–Kier alpha value is -2.42. The standard InChI is InChI=1S/C49H91N5O4/c1-3-5-7-9-11-13-15-17-19-21-23-25-27-29-31-33-35-38-43(55)39-37-41-58-48(54-42-51-45-46(54)52-49(50)53-47(45)57)44(56)40-36-34-32-30-28-26-24-22-20-18-16-14-12-10-8-6-4-2/h48,51H,3-42H2,1-2H3,(H3,50,52,53,57). The van der Waals surface area contributed by atoms with Crippen molar-refractivity contribution in [2.45, 2.75) is 264 Å². The highest BCUT2D eigenvalue weighted by atomic mass is 16.5. The van der Waals surface area contributed by atoms with Gasteiger partial charge < -0.3 is 20.7 Å². The first kappa shape index (κ1) is 51.7. The summed E-state index contributed by atoms with van der Waals surface area (Å²) in [5.41, 5.74) is 5.81. The van der Waals surface area contributed by atoms with Crippen LogP contribution in [0.3, 0.4) is 0 Å². The van der Waals surface area contributed by atoms with E-state index in [1.165, 1.54) is 186 Å². The van der Waals surface area contributed by atoms with E-state index in [9.17, 15) is 14.4 Å². The SMILES string of the molecule is CCCCCCCCCCCCCCCCCCCC(=O)CCCOC(C(=O)CCCCCCCCCCCCCCCCCCC)N1CNc2c1nc(N)[nH]c2=O. The fourth-order valence-corrected chi connectivity index (χ4v) is 8.42. The maximum absolute atomic E-state index is 13.6. The Balaban J connectivity index is 1.55. The highest BCUT2D eigenvalue weighted by Crippen LogP contribution is 2.29. The predicted molar refractivity (Wildman–Crippen MR) is 247 cm³/mol. The molecule has 1 aliphatic heterocycles. The molecule has 0 spiro atoms. The van der Waals surface area contributed by atoms with Crippen LogP contribution in [0.5, 0.6) is 0 Å². The van der Waals surface area contributed by atoms with Crippen LogP contribution in [-0.2, 0) is 14.3 Å². The van der Waals surface area contributed by atoms with E-state index in [4.69, 9.17) is 10.5 Å². The van der Waals surface area contributed by atoms with Crippen LogP contribution in [0.1, 0.15) is 258 Å². The predicted octanol–water partition coefficient (Wildman–Crippen LogP) is 13.9. The first-order valence-corrected chi connectivity index (χ1v) is 25.0. The van der Waals surface area contributed by atoms with Gasteiger partial charge in [0.25, 0.3) is 5.56 Å². The van der Waals surface area contributed by atoms with Gasteiger partial charge in [0.05, 0.1) is 13.3 Å². The van der Waals surface area contributed by atoms with Gasteiger partial charge in [-0.3, -0.25) is 19.4 Å². The zero-order valence-electron chi connectivity index (χ0n) is 38.0. The molecule has 1 aliphatic rings. The number of carbonyl (C=O) groups excluding carboxylic acids is 2. The van der Waals surface area contributed by atoms with Gasteiger partial charge in [-0.25, -0.2) is 0 Å². The van der Waals surface area contributed by atoms with Crippen LogP contribution in [0.15, 0.2) is 4.79 Å². The molecule has 58 heavy (non-hydrogen) atoms. The van der Waals surface area contributed by atoms with Crippen LogP contribution in [-0.4, -0.2) is 41.0 Å². The third kappa shape index (κ3) is 25.9. The van der Waals surface area contributed by atoms with Crippen molar-refractivity contribution in [3.8, 4) is 0 Å². The number of Topliss-reactive ketones (excluding diaryl/α,β-unsaturated/α-hetero) is 2. The monoisotopic (exact) mass is 814 g/mol. The molecule has 1 aromatic heterocycles. The number of unbranched alkanes of at least 4 members (excludes halogenated alkanes) is 32. The minimum absolute atomic E-state index is 0.00626. The van der Waals surface area contributed by atoms with Crippen molar-refractivity contribution in [1.82, 2.24) is 9.97 Å². The van der Waals surface area contributed by atoms with Gasteiger partial charge in [0, 0.05) is 19.3 Å². The molecule has 4 N–H and O–H groups in total. The zero-order valence-corrected chi connectivity index (χ0v) is 38.0. The number of nitrogens with zero attached hydrogens (tertiary/aromatic N) is 2. The number of aromatic amines is 1. The molecule has 1 unspecified atom stereocenters. The lowest BCUT2D eigenvalue weighted by Gasteiger charge is -2.27. The van der Waals surface area contributed by atoms with Gasteiger partial charge in [-0.1, -0.05) is 219 Å². The fourth-order valence-electron chi connectivity index (χ4n) is 8.42. The molecule has 0 amide bonds. The van der Waals surface area contributed by atoms with E-state index in [0.29, 0.717) is 43.8 Å². The summed E-state index contributed by atoms with van der Waals surface area (Å²) >= 11 is 0. The number of H-pyrrole nitrogens is 1. The molecular weight excluding hydrogens is 723 g/mol. The van der Waals surface area contributed by atoms with Crippen molar-refractivity contribution in [1.29, 1.82) is 0 Å². The Morgan fingerprint density at radius 2 is 0.931 bits per heavy atom. The number of hydrogen-bond acceptors (Lipinski definition) is 8. The van der Waals surface area contributed by atoms with Crippen LogP contribution < -0.4 is 21.5 Å². The van der Waals surface area contributed by atoms with Gasteiger partial charge in [0.2, 0.25) is 5.95 Å². The van der Waals surface area contributed by atoms with E-state index in [1.54, 1.807) is 4.90 Å². The van der Waals surface area contributed by atoms with E-state index >= 15 is 0 Å². The van der Waals surface area contributed by atoms with E-state index in [0.717, 1.165) is 32.1 Å². The number of anilines is 3. The Bertz CT molecular complexity index is 1210. The van der Waals surface area contributed by atoms with Crippen molar-refractivity contribution in [3.63, 3.8) is 0 Å². The number of carbonyl (C=O) groups is 2. The van der Waals surface area contributed by atoms with Crippen LogP contribution in [0.25, 0.3) is 0 Å². The Kier molecular flexibility index (Phi) is 32.5. The lowest BCUT2D eigenvalue weighted by Crippen LogP contribution is -2.44. The quantitative estimate of drug-likeness (QED) is 0.0556. The molecule has 2 heterocycles. The molecule has 9 heteroatoms. The molecule has 0 saturated carbocycles. The fraction of sp³-hybridized carbons (Fsp3) is 0.878. The third-order valence-corrected chi connectivity index (χ3v) is 12.1. The number of ketones is 2. The summed E-state index contributed by atoms with van der Waals surface area (Å²) in [5, 5.41) is 3.06. The summed E-state index contributed by atoms with van der Waals surface area (Å²) < 4.78 is 6.19. The van der Waals surface area contributed by atoms with E-state index in [2.05, 4.69) is 29.1 Å². The van der Waals surface area contributed by atoms with E-state index in [-0.39, 0.29) is 29.7 Å². The summed E-state index contributed by atoms with van der Waals surface area (Å²) in [5.74, 6) is 0.597. The largest absolute Gasteiger partial charge is 0.369 e. The molecule has 9 nitrogen and oxygen atoms in total. The van der Waals surface area contributed by atoms with Crippen molar-refractivity contribution < 1.29 is 14.3 Å². The van der Waals surface area contributed by atoms with Gasteiger partial charge >= 0.3 is 0 Å². The second-order valence-corrected chi connectivity index (χ2v) is 17.6. The van der Waals surface area contributed by atoms with Crippen LogP contribution >= 0.6 is 0 Å². The van der Waals surface area contributed by atoms with Crippen molar-refractivity contribution >= 4 is 29.0 Å². The minimum Gasteiger partial charge on any atom is -0.369 e. The topological polar surface area (TPSA) is 130 Å². The molecule has 0 aromatic carbocycles. The second kappa shape index (κ2) is 36.4. The number of ether oxygens (including phenoxy) is 1. The van der Waals surface area contributed by atoms with Gasteiger partial charge in [0.1, 0.15) is 11.5 Å². The van der Waals surface area contributed by atoms with Gasteiger partial charge in [-0.2, -0.15) is 4.98 Å². The first-order chi connectivity index (χ1) is 28.5. The smallest absolute Gasteiger partial charge is 0.277 e.